The molecule has 1 aromatic carbocycles. The number of rotatable bonds is 5. The fourth-order valence-corrected chi connectivity index (χ4v) is 3.36. The Balaban J connectivity index is 1.62. The van der Waals surface area contributed by atoms with E-state index in [1.54, 1.807) is 0 Å². The highest BCUT2D eigenvalue weighted by atomic mass is 16.3. The van der Waals surface area contributed by atoms with Crippen molar-refractivity contribution >= 4 is 16.8 Å². The maximum Gasteiger partial charge on any atom is 0.272 e. The van der Waals surface area contributed by atoms with E-state index in [-0.39, 0.29) is 12.5 Å². The number of aliphatic hydroxyl groups is 1. The third-order valence-electron chi connectivity index (χ3n) is 4.86. The van der Waals surface area contributed by atoms with E-state index in [0.717, 1.165) is 49.8 Å². The monoisotopic (exact) mass is 327 g/mol. The van der Waals surface area contributed by atoms with Crippen molar-refractivity contribution in [3.63, 3.8) is 0 Å². The zero-order valence-electron chi connectivity index (χ0n) is 14.2. The number of carbonyl (C=O) groups is 1. The summed E-state index contributed by atoms with van der Waals surface area (Å²) < 4.78 is 0. The van der Waals surface area contributed by atoms with E-state index < -0.39 is 0 Å². The molecule has 0 spiro atoms. The first kappa shape index (κ1) is 16.9. The Kier molecular flexibility index (Phi) is 5.43. The number of amides is 1. The second-order valence-electron chi connectivity index (χ2n) is 6.47. The van der Waals surface area contributed by atoms with Crippen molar-refractivity contribution in [2.45, 2.75) is 25.3 Å². The first-order chi connectivity index (χ1) is 11.7. The lowest BCUT2D eigenvalue weighted by Crippen LogP contribution is -2.46. The summed E-state index contributed by atoms with van der Waals surface area (Å²) in [5.74, 6) is 0.0252. The summed E-state index contributed by atoms with van der Waals surface area (Å²) in [6.45, 7) is 2.67. The molecule has 0 atom stereocenters. The van der Waals surface area contributed by atoms with Gasteiger partial charge in [-0.05, 0) is 38.4 Å². The van der Waals surface area contributed by atoms with Crippen LogP contribution in [-0.2, 0) is 0 Å². The SMILES string of the molecule is CN(CCCO)C1CCN(C(=O)c2ccc3ccccc3n2)CC1. The molecule has 1 aliphatic heterocycles. The van der Waals surface area contributed by atoms with Crippen LogP contribution in [0.15, 0.2) is 36.4 Å². The minimum absolute atomic E-state index is 0.0252. The molecule has 128 valence electrons. The van der Waals surface area contributed by atoms with Crippen LogP contribution in [0.5, 0.6) is 0 Å². The molecule has 1 aliphatic rings. The van der Waals surface area contributed by atoms with Gasteiger partial charge >= 0.3 is 0 Å². The van der Waals surface area contributed by atoms with Gasteiger partial charge in [-0.15, -0.1) is 0 Å². The lowest BCUT2D eigenvalue weighted by Gasteiger charge is -2.36. The Morgan fingerprint density at radius 1 is 1.25 bits per heavy atom. The summed E-state index contributed by atoms with van der Waals surface area (Å²) in [7, 11) is 2.10. The maximum absolute atomic E-state index is 12.7. The summed E-state index contributed by atoms with van der Waals surface area (Å²) in [6.07, 6.45) is 2.75. The Labute approximate surface area is 142 Å². The van der Waals surface area contributed by atoms with E-state index in [1.165, 1.54) is 0 Å². The summed E-state index contributed by atoms with van der Waals surface area (Å²) in [6, 6.07) is 12.1. The maximum atomic E-state index is 12.7. The third kappa shape index (κ3) is 3.74. The van der Waals surface area contributed by atoms with Crippen molar-refractivity contribution < 1.29 is 9.90 Å². The van der Waals surface area contributed by atoms with Gasteiger partial charge in [0.25, 0.3) is 5.91 Å². The molecule has 1 N–H and O–H groups in total. The standard InChI is InChI=1S/C19H25N3O2/c1-21(11-4-14-23)16-9-12-22(13-10-16)19(24)18-8-7-15-5-2-3-6-17(15)20-18/h2-3,5-8,16,23H,4,9-14H2,1H3. The summed E-state index contributed by atoms with van der Waals surface area (Å²) in [5, 5.41) is 10.00. The summed E-state index contributed by atoms with van der Waals surface area (Å²) >= 11 is 0. The van der Waals surface area contributed by atoms with Crippen LogP contribution >= 0.6 is 0 Å². The van der Waals surface area contributed by atoms with Crippen LogP contribution in [0, 0.1) is 0 Å². The lowest BCUT2D eigenvalue weighted by atomic mass is 10.0. The fraction of sp³-hybridized carbons (Fsp3) is 0.474. The third-order valence-corrected chi connectivity index (χ3v) is 4.86. The molecule has 2 heterocycles. The first-order valence-electron chi connectivity index (χ1n) is 8.65. The van der Waals surface area contributed by atoms with Crippen molar-refractivity contribution in [3.8, 4) is 0 Å². The molecular weight excluding hydrogens is 302 g/mol. The minimum Gasteiger partial charge on any atom is -0.396 e. The van der Waals surface area contributed by atoms with Gasteiger partial charge in [0, 0.05) is 37.7 Å². The predicted molar refractivity (Wildman–Crippen MR) is 95.0 cm³/mol. The number of benzene rings is 1. The molecule has 1 amide bonds. The molecule has 0 radical (unpaired) electrons. The Morgan fingerprint density at radius 2 is 2.00 bits per heavy atom. The van der Waals surface area contributed by atoms with Crippen molar-refractivity contribution in [1.82, 2.24) is 14.8 Å². The number of aromatic nitrogens is 1. The number of hydrogen-bond acceptors (Lipinski definition) is 4. The number of carbonyl (C=O) groups excluding carboxylic acids is 1. The molecular formula is C19H25N3O2. The minimum atomic E-state index is 0.0252. The average Bonchev–Trinajstić information content (AvgIpc) is 2.65. The number of nitrogens with zero attached hydrogens (tertiary/aromatic N) is 3. The zero-order valence-corrected chi connectivity index (χ0v) is 14.2. The second kappa shape index (κ2) is 7.73. The van der Waals surface area contributed by atoms with E-state index in [4.69, 9.17) is 5.11 Å². The quantitative estimate of drug-likeness (QED) is 0.914. The predicted octanol–water partition coefficient (Wildman–Crippen LogP) is 2.15. The molecule has 24 heavy (non-hydrogen) atoms. The van der Waals surface area contributed by atoms with Crippen LogP contribution in [0.1, 0.15) is 29.8 Å². The van der Waals surface area contributed by atoms with Crippen LogP contribution in [0.25, 0.3) is 10.9 Å². The number of likely N-dealkylation sites (tertiary alicyclic amines) is 1. The van der Waals surface area contributed by atoms with Gasteiger partial charge in [-0.2, -0.15) is 0 Å². The topological polar surface area (TPSA) is 56.7 Å². The summed E-state index contributed by atoms with van der Waals surface area (Å²) in [5.41, 5.74) is 1.39. The largest absolute Gasteiger partial charge is 0.396 e. The molecule has 5 nitrogen and oxygen atoms in total. The van der Waals surface area contributed by atoms with E-state index in [9.17, 15) is 4.79 Å². The molecule has 1 aromatic heterocycles. The van der Waals surface area contributed by atoms with Crippen molar-refractivity contribution in [2.75, 3.05) is 33.3 Å². The number of fused-ring (bicyclic) bond motifs is 1. The highest BCUT2D eigenvalue weighted by molar-refractivity contribution is 5.94. The summed E-state index contributed by atoms with van der Waals surface area (Å²) in [4.78, 5) is 21.4. The number of aliphatic hydroxyl groups excluding tert-OH is 1. The van der Waals surface area contributed by atoms with Gasteiger partial charge in [-0.1, -0.05) is 24.3 Å². The number of hydrogen-bond donors (Lipinski definition) is 1. The van der Waals surface area contributed by atoms with Crippen LogP contribution in [0.2, 0.25) is 0 Å². The highest BCUT2D eigenvalue weighted by Crippen LogP contribution is 2.19. The Hall–Kier alpha value is -1.98. The van der Waals surface area contributed by atoms with Crippen LogP contribution in [0.3, 0.4) is 0 Å². The average molecular weight is 327 g/mol. The van der Waals surface area contributed by atoms with Crippen molar-refractivity contribution in [2.24, 2.45) is 0 Å². The van der Waals surface area contributed by atoms with Gasteiger partial charge in [-0.25, -0.2) is 4.98 Å². The Morgan fingerprint density at radius 3 is 2.75 bits per heavy atom. The molecule has 2 aromatic rings. The molecule has 0 saturated carbocycles. The van der Waals surface area contributed by atoms with Crippen molar-refractivity contribution in [1.29, 1.82) is 0 Å². The number of para-hydroxylation sites is 1. The molecule has 5 heteroatoms. The second-order valence-corrected chi connectivity index (χ2v) is 6.47. The van der Waals surface area contributed by atoms with Gasteiger partial charge < -0.3 is 14.9 Å². The van der Waals surface area contributed by atoms with E-state index in [1.807, 2.05) is 41.3 Å². The molecule has 0 unspecified atom stereocenters. The van der Waals surface area contributed by atoms with Gasteiger partial charge in [-0.3, -0.25) is 4.79 Å². The van der Waals surface area contributed by atoms with Crippen LogP contribution in [-0.4, -0.2) is 65.1 Å². The van der Waals surface area contributed by atoms with Gasteiger partial charge in [0.2, 0.25) is 0 Å². The van der Waals surface area contributed by atoms with E-state index in [2.05, 4.69) is 16.9 Å². The zero-order chi connectivity index (χ0) is 16.9. The van der Waals surface area contributed by atoms with Gasteiger partial charge in [0.05, 0.1) is 5.52 Å². The lowest BCUT2D eigenvalue weighted by molar-refractivity contribution is 0.0636. The fourth-order valence-electron chi connectivity index (χ4n) is 3.36. The van der Waals surface area contributed by atoms with Crippen LogP contribution < -0.4 is 0 Å². The molecule has 1 fully saturated rings. The molecule has 3 rings (SSSR count). The molecule has 0 bridgehead atoms. The van der Waals surface area contributed by atoms with Gasteiger partial charge in [0.15, 0.2) is 0 Å². The van der Waals surface area contributed by atoms with E-state index in [0.29, 0.717) is 11.7 Å². The van der Waals surface area contributed by atoms with E-state index >= 15 is 0 Å². The first-order valence-corrected chi connectivity index (χ1v) is 8.65. The van der Waals surface area contributed by atoms with Crippen molar-refractivity contribution in [3.05, 3.63) is 42.1 Å². The van der Waals surface area contributed by atoms with Gasteiger partial charge in [0.1, 0.15) is 5.69 Å². The Bertz CT molecular complexity index is 696. The smallest absolute Gasteiger partial charge is 0.272 e. The molecule has 0 aliphatic carbocycles. The number of piperidine rings is 1. The normalized spacial score (nSPS) is 16.0. The van der Waals surface area contributed by atoms with Crippen LogP contribution in [0.4, 0.5) is 0 Å². The highest BCUT2D eigenvalue weighted by Gasteiger charge is 2.26. The number of pyridine rings is 1. The molecule has 1 saturated heterocycles.